The highest BCUT2D eigenvalue weighted by molar-refractivity contribution is 5.85. The fourth-order valence-corrected chi connectivity index (χ4v) is 3.44. The van der Waals surface area contributed by atoms with Gasteiger partial charge in [0.05, 0.1) is 17.8 Å². The SMILES string of the molecule is CCOc1ccccc1-c1ccc(-c2[nH]c3ccc(F)cc3c(=O)c2C#N)c(F)c1. The number of nitriles is 1. The highest BCUT2D eigenvalue weighted by Gasteiger charge is 2.18. The molecule has 0 radical (unpaired) electrons. The van der Waals surface area contributed by atoms with Crippen molar-refractivity contribution in [3.05, 3.63) is 88.1 Å². The Balaban J connectivity index is 1.89. The lowest BCUT2D eigenvalue weighted by Gasteiger charge is -2.12. The standard InChI is InChI=1S/C24H16F2N2O2/c1-2-30-22-6-4-3-5-16(22)14-7-9-17(20(26)11-14)23-19(13-27)24(29)18-12-15(25)8-10-21(18)28-23/h3-12H,2H2,1H3,(H,28,29). The molecule has 3 aromatic carbocycles. The van der Waals surface area contributed by atoms with Gasteiger partial charge in [0, 0.05) is 16.5 Å². The molecule has 0 atom stereocenters. The molecule has 0 saturated heterocycles. The first-order valence-electron chi connectivity index (χ1n) is 9.31. The molecule has 0 amide bonds. The number of rotatable bonds is 4. The summed E-state index contributed by atoms with van der Waals surface area (Å²) in [5, 5.41) is 9.55. The van der Waals surface area contributed by atoms with Crippen molar-refractivity contribution >= 4 is 10.9 Å². The number of pyridine rings is 1. The molecule has 30 heavy (non-hydrogen) atoms. The molecule has 0 saturated carbocycles. The molecule has 6 heteroatoms. The number of nitrogens with zero attached hydrogens (tertiary/aromatic N) is 1. The second kappa shape index (κ2) is 7.80. The zero-order chi connectivity index (χ0) is 21.3. The molecule has 0 bridgehead atoms. The van der Waals surface area contributed by atoms with E-state index in [4.69, 9.17) is 4.74 Å². The predicted molar refractivity (Wildman–Crippen MR) is 111 cm³/mol. The van der Waals surface area contributed by atoms with E-state index >= 15 is 4.39 Å². The van der Waals surface area contributed by atoms with Crippen LogP contribution in [0.3, 0.4) is 0 Å². The van der Waals surface area contributed by atoms with Gasteiger partial charge >= 0.3 is 0 Å². The second-order valence-electron chi connectivity index (χ2n) is 6.63. The summed E-state index contributed by atoms with van der Waals surface area (Å²) in [7, 11) is 0. The van der Waals surface area contributed by atoms with Gasteiger partial charge in [-0.15, -0.1) is 0 Å². The Morgan fingerprint density at radius 3 is 2.57 bits per heavy atom. The molecule has 0 aliphatic carbocycles. The molecule has 0 aliphatic rings. The average molecular weight is 402 g/mol. The lowest BCUT2D eigenvalue weighted by atomic mass is 9.98. The molecule has 1 N–H and O–H groups in total. The van der Waals surface area contributed by atoms with E-state index in [0.29, 0.717) is 23.4 Å². The highest BCUT2D eigenvalue weighted by atomic mass is 19.1. The Bertz CT molecular complexity index is 1370. The molecular formula is C24H16F2N2O2. The Kier molecular flexibility index (Phi) is 5.03. The average Bonchev–Trinajstić information content (AvgIpc) is 2.75. The summed E-state index contributed by atoms with van der Waals surface area (Å²) < 4.78 is 34.3. The lowest BCUT2D eigenvalue weighted by molar-refractivity contribution is 0.341. The molecule has 148 valence electrons. The highest BCUT2D eigenvalue weighted by Crippen LogP contribution is 2.33. The van der Waals surface area contributed by atoms with Crippen LogP contribution in [-0.4, -0.2) is 11.6 Å². The number of aromatic nitrogens is 1. The van der Waals surface area contributed by atoms with Gasteiger partial charge in [-0.2, -0.15) is 5.26 Å². The van der Waals surface area contributed by atoms with E-state index in [-0.39, 0.29) is 22.2 Å². The van der Waals surface area contributed by atoms with Crippen LogP contribution in [0.2, 0.25) is 0 Å². The quantitative estimate of drug-likeness (QED) is 0.496. The van der Waals surface area contributed by atoms with E-state index in [0.717, 1.165) is 11.6 Å². The summed E-state index contributed by atoms with van der Waals surface area (Å²) in [4.78, 5) is 15.6. The van der Waals surface area contributed by atoms with Gasteiger partial charge in [-0.25, -0.2) is 8.78 Å². The second-order valence-corrected chi connectivity index (χ2v) is 6.63. The largest absolute Gasteiger partial charge is 0.493 e. The van der Waals surface area contributed by atoms with Crippen LogP contribution in [0, 0.1) is 23.0 Å². The number of aromatic amines is 1. The van der Waals surface area contributed by atoms with E-state index < -0.39 is 17.1 Å². The fraction of sp³-hybridized carbons (Fsp3) is 0.0833. The number of nitrogens with one attached hydrogen (secondary N) is 1. The summed E-state index contributed by atoms with van der Waals surface area (Å²) in [6.07, 6.45) is 0. The van der Waals surface area contributed by atoms with Crippen LogP contribution in [0.25, 0.3) is 33.3 Å². The molecule has 0 spiro atoms. The molecule has 4 nitrogen and oxygen atoms in total. The summed E-state index contributed by atoms with van der Waals surface area (Å²) in [5.74, 6) is -0.563. The molecule has 1 heterocycles. The summed E-state index contributed by atoms with van der Waals surface area (Å²) >= 11 is 0. The Morgan fingerprint density at radius 2 is 1.83 bits per heavy atom. The lowest BCUT2D eigenvalue weighted by Crippen LogP contribution is -2.11. The molecule has 1 aromatic heterocycles. The van der Waals surface area contributed by atoms with Gasteiger partial charge in [-0.05, 0) is 48.9 Å². The zero-order valence-corrected chi connectivity index (χ0v) is 16.0. The van der Waals surface area contributed by atoms with Crippen molar-refractivity contribution in [3.8, 4) is 34.2 Å². The minimum absolute atomic E-state index is 0.0398. The van der Waals surface area contributed by atoms with Crippen molar-refractivity contribution in [2.45, 2.75) is 6.92 Å². The van der Waals surface area contributed by atoms with Crippen molar-refractivity contribution < 1.29 is 13.5 Å². The zero-order valence-electron chi connectivity index (χ0n) is 16.0. The molecule has 4 aromatic rings. The molecular weight excluding hydrogens is 386 g/mol. The van der Waals surface area contributed by atoms with Gasteiger partial charge in [0.25, 0.3) is 0 Å². The van der Waals surface area contributed by atoms with E-state index in [2.05, 4.69) is 4.98 Å². The van der Waals surface area contributed by atoms with Crippen molar-refractivity contribution in [2.24, 2.45) is 0 Å². The topological polar surface area (TPSA) is 65.9 Å². The molecule has 4 rings (SSSR count). The predicted octanol–water partition coefficient (Wildman–Crippen LogP) is 5.41. The fourth-order valence-electron chi connectivity index (χ4n) is 3.44. The number of para-hydroxylation sites is 1. The van der Waals surface area contributed by atoms with Crippen LogP contribution in [0.15, 0.2) is 65.5 Å². The van der Waals surface area contributed by atoms with Gasteiger partial charge in [-0.3, -0.25) is 4.79 Å². The van der Waals surface area contributed by atoms with Crippen LogP contribution in [0.4, 0.5) is 8.78 Å². The third-order valence-electron chi connectivity index (χ3n) is 4.81. The number of ether oxygens (including phenoxy) is 1. The first-order valence-corrected chi connectivity index (χ1v) is 9.31. The van der Waals surface area contributed by atoms with Gasteiger partial charge in [-0.1, -0.05) is 24.3 Å². The van der Waals surface area contributed by atoms with Crippen molar-refractivity contribution in [1.82, 2.24) is 4.98 Å². The van der Waals surface area contributed by atoms with Crippen molar-refractivity contribution in [3.63, 3.8) is 0 Å². The summed E-state index contributed by atoms with van der Waals surface area (Å²) in [6.45, 7) is 2.34. The van der Waals surface area contributed by atoms with Crippen molar-refractivity contribution in [1.29, 1.82) is 5.26 Å². The third kappa shape index (κ3) is 3.31. The number of benzene rings is 3. The number of H-pyrrole nitrogens is 1. The number of halogens is 2. The Hall–Kier alpha value is -3.98. The van der Waals surface area contributed by atoms with Crippen LogP contribution in [0.1, 0.15) is 12.5 Å². The molecule has 0 fully saturated rings. The monoisotopic (exact) mass is 402 g/mol. The summed E-state index contributed by atoms with van der Waals surface area (Å²) in [6, 6.07) is 17.3. The molecule has 0 aliphatic heterocycles. The maximum atomic E-state index is 15.1. The minimum Gasteiger partial charge on any atom is -0.493 e. The first kappa shape index (κ1) is 19.3. The van der Waals surface area contributed by atoms with Gasteiger partial charge < -0.3 is 9.72 Å². The Morgan fingerprint density at radius 1 is 1.03 bits per heavy atom. The Labute approximate surface area is 171 Å². The summed E-state index contributed by atoms with van der Waals surface area (Å²) in [5.41, 5.74) is 0.869. The van der Waals surface area contributed by atoms with E-state index in [1.807, 2.05) is 31.2 Å². The van der Waals surface area contributed by atoms with Crippen LogP contribution < -0.4 is 10.2 Å². The maximum absolute atomic E-state index is 15.1. The number of hydrogen-bond acceptors (Lipinski definition) is 3. The van der Waals surface area contributed by atoms with Crippen LogP contribution in [-0.2, 0) is 0 Å². The third-order valence-corrected chi connectivity index (χ3v) is 4.81. The number of hydrogen-bond donors (Lipinski definition) is 1. The minimum atomic E-state index is -0.647. The van der Waals surface area contributed by atoms with Crippen LogP contribution >= 0.6 is 0 Å². The maximum Gasteiger partial charge on any atom is 0.207 e. The van der Waals surface area contributed by atoms with Gasteiger partial charge in [0.1, 0.15) is 29.0 Å². The van der Waals surface area contributed by atoms with Crippen molar-refractivity contribution in [2.75, 3.05) is 6.61 Å². The normalized spacial score (nSPS) is 10.7. The smallest absolute Gasteiger partial charge is 0.207 e. The van der Waals surface area contributed by atoms with E-state index in [9.17, 15) is 14.4 Å². The van der Waals surface area contributed by atoms with E-state index in [1.165, 1.54) is 24.3 Å². The first-order chi connectivity index (χ1) is 14.5. The number of fused-ring (bicyclic) bond motifs is 1. The van der Waals surface area contributed by atoms with Gasteiger partial charge in [0.2, 0.25) is 5.43 Å². The molecule has 0 unspecified atom stereocenters. The van der Waals surface area contributed by atoms with E-state index in [1.54, 1.807) is 12.1 Å². The van der Waals surface area contributed by atoms with Crippen LogP contribution in [0.5, 0.6) is 5.75 Å². The van der Waals surface area contributed by atoms with Gasteiger partial charge in [0.15, 0.2) is 0 Å².